The lowest BCUT2D eigenvalue weighted by Gasteiger charge is -2.62. The first kappa shape index (κ1) is 21.7. The Hall–Kier alpha value is -1.31. The summed E-state index contributed by atoms with van der Waals surface area (Å²) in [5, 5.41) is 6.28. The smallest absolute Gasteiger partial charge is 0.251 e. The van der Waals surface area contributed by atoms with Gasteiger partial charge in [0, 0.05) is 36.2 Å². The molecule has 0 saturated carbocycles. The van der Waals surface area contributed by atoms with Crippen molar-refractivity contribution in [3.8, 4) is 0 Å². The van der Waals surface area contributed by atoms with Crippen molar-refractivity contribution in [3.63, 3.8) is 0 Å². The molecule has 0 aromatic heterocycles. The number of likely N-dealkylation sites (tertiary alicyclic amines) is 1. The van der Waals surface area contributed by atoms with Gasteiger partial charge in [0.25, 0.3) is 5.91 Å². The highest BCUT2D eigenvalue weighted by atomic mass is 127. The number of hydrogen-bond acceptors (Lipinski definition) is 2. The van der Waals surface area contributed by atoms with Crippen molar-refractivity contribution in [2.45, 2.75) is 40.2 Å². The minimum atomic E-state index is -0.0544. The fraction of sp³-hybridized carbons (Fsp3) is 0.579. The molecule has 0 atom stereocenters. The van der Waals surface area contributed by atoms with Crippen molar-refractivity contribution in [1.82, 2.24) is 15.5 Å². The van der Waals surface area contributed by atoms with Gasteiger partial charge in [-0.15, -0.1) is 24.0 Å². The Bertz CT molecular complexity index is 599. The number of benzene rings is 1. The molecule has 1 aromatic carbocycles. The summed E-state index contributed by atoms with van der Waals surface area (Å²) in [6.45, 7) is 14.1. The zero-order valence-electron chi connectivity index (χ0n) is 15.9. The van der Waals surface area contributed by atoms with E-state index in [0.29, 0.717) is 18.7 Å². The molecule has 1 saturated heterocycles. The highest BCUT2D eigenvalue weighted by Crippen LogP contribution is 2.46. The highest BCUT2D eigenvalue weighted by Gasteiger charge is 2.53. The van der Waals surface area contributed by atoms with E-state index < -0.39 is 0 Å². The largest absolute Gasteiger partial charge is 0.356 e. The first-order valence-electron chi connectivity index (χ1n) is 8.69. The standard InChI is InChI=1S/C19H30N4O.HI/c1-6-20-17(23-14-18(2,3)19(23,4)5)22-13-12-21-16(24)15-10-8-7-9-11-15;/h7-11H,6,12-14H2,1-5H3,(H,20,22)(H,21,24);1H. The summed E-state index contributed by atoms with van der Waals surface area (Å²) >= 11 is 0. The van der Waals surface area contributed by atoms with Gasteiger partial charge in [0.1, 0.15) is 0 Å². The molecular formula is C19H31IN4O. The van der Waals surface area contributed by atoms with Crippen LogP contribution >= 0.6 is 24.0 Å². The van der Waals surface area contributed by atoms with E-state index in [1.807, 2.05) is 30.3 Å². The summed E-state index contributed by atoms with van der Waals surface area (Å²) < 4.78 is 0. The van der Waals surface area contributed by atoms with Gasteiger partial charge in [0.05, 0.1) is 6.54 Å². The Morgan fingerprint density at radius 3 is 2.32 bits per heavy atom. The molecule has 1 aliphatic rings. The monoisotopic (exact) mass is 458 g/mol. The number of rotatable bonds is 5. The molecule has 1 aromatic rings. The molecule has 1 fully saturated rings. The number of nitrogens with one attached hydrogen (secondary N) is 2. The van der Waals surface area contributed by atoms with E-state index in [1.54, 1.807) is 0 Å². The molecule has 0 spiro atoms. The van der Waals surface area contributed by atoms with Gasteiger partial charge in [-0.2, -0.15) is 0 Å². The number of amides is 1. The topological polar surface area (TPSA) is 56.7 Å². The van der Waals surface area contributed by atoms with Gasteiger partial charge >= 0.3 is 0 Å². The zero-order chi connectivity index (χ0) is 17.8. The first-order chi connectivity index (χ1) is 11.3. The van der Waals surface area contributed by atoms with Gasteiger partial charge in [-0.25, -0.2) is 0 Å². The lowest BCUT2D eigenvalue weighted by atomic mass is 9.65. The molecule has 6 heteroatoms. The van der Waals surface area contributed by atoms with E-state index in [2.05, 4.69) is 55.1 Å². The van der Waals surface area contributed by atoms with Crippen LogP contribution in [-0.4, -0.2) is 48.5 Å². The zero-order valence-corrected chi connectivity index (χ0v) is 18.3. The molecule has 25 heavy (non-hydrogen) atoms. The quantitative estimate of drug-likeness (QED) is 0.309. The van der Waals surface area contributed by atoms with Crippen LogP contribution in [0.2, 0.25) is 0 Å². The molecule has 140 valence electrons. The molecule has 0 radical (unpaired) electrons. The molecule has 1 amide bonds. The van der Waals surface area contributed by atoms with Crippen LogP contribution in [0.5, 0.6) is 0 Å². The van der Waals surface area contributed by atoms with E-state index in [-0.39, 0.29) is 40.8 Å². The van der Waals surface area contributed by atoms with E-state index in [0.717, 1.165) is 19.0 Å². The lowest BCUT2D eigenvalue weighted by Crippen LogP contribution is -2.72. The summed E-state index contributed by atoms with van der Waals surface area (Å²) in [5.74, 6) is 0.872. The van der Waals surface area contributed by atoms with Gasteiger partial charge < -0.3 is 15.5 Å². The van der Waals surface area contributed by atoms with E-state index >= 15 is 0 Å². The maximum Gasteiger partial charge on any atom is 0.251 e. The molecule has 0 bridgehead atoms. The lowest BCUT2D eigenvalue weighted by molar-refractivity contribution is -0.0667. The SMILES string of the molecule is CCNC(=NCCNC(=O)c1ccccc1)N1CC(C)(C)C1(C)C.I. The van der Waals surface area contributed by atoms with Crippen LogP contribution < -0.4 is 10.6 Å². The number of aliphatic imine (C=N–C) groups is 1. The Balaban J connectivity index is 0.00000312. The van der Waals surface area contributed by atoms with Gasteiger partial charge in [-0.3, -0.25) is 9.79 Å². The third-order valence-electron chi connectivity index (χ3n) is 5.17. The van der Waals surface area contributed by atoms with E-state index in [9.17, 15) is 4.79 Å². The van der Waals surface area contributed by atoms with Crippen LogP contribution in [0.25, 0.3) is 0 Å². The van der Waals surface area contributed by atoms with Gasteiger partial charge in [0.15, 0.2) is 5.96 Å². The van der Waals surface area contributed by atoms with Crippen molar-refractivity contribution in [2.24, 2.45) is 10.4 Å². The molecular weight excluding hydrogens is 427 g/mol. The Morgan fingerprint density at radius 1 is 1.16 bits per heavy atom. The third-order valence-corrected chi connectivity index (χ3v) is 5.17. The maximum absolute atomic E-state index is 12.0. The third kappa shape index (κ3) is 4.86. The maximum atomic E-state index is 12.0. The second-order valence-corrected chi connectivity index (χ2v) is 7.39. The fourth-order valence-corrected chi connectivity index (χ4v) is 2.82. The molecule has 0 aliphatic carbocycles. The average Bonchev–Trinajstić information content (AvgIpc) is 2.56. The summed E-state index contributed by atoms with van der Waals surface area (Å²) in [7, 11) is 0. The second kappa shape index (κ2) is 8.87. The molecule has 5 nitrogen and oxygen atoms in total. The van der Waals surface area contributed by atoms with Crippen molar-refractivity contribution in [2.75, 3.05) is 26.2 Å². The number of carbonyl (C=O) groups excluding carboxylic acids is 1. The minimum absolute atomic E-state index is 0. The summed E-state index contributed by atoms with van der Waals surface area (Å²) in [5.41, 5.74) is 1.02. The van der Waals surface area contributed by atoms with Gasteiger partial charge in [-0.05, 0) is 32.9 Å². The van der Waals surface area contributed by atoms with Gasteiger partial charge in [0.2, 0.25) is 0 Å². The number of guanidine groups is 1. The average molecular weight is 458 g/mol. The summed E-state index contributed by atoms with van der Waals surface area (Å²) in [6.07, 6.45) is 0. The second-order valence-electron chi connectivity index (χ2n) is 7.39. The Labute approximate surface area is 168 Å². The highest BCUT2D eigenvalue weighted by molar-refractivity contribution is 14.0. The van der Waals surface area contributed by atoms with E-state index in [4.69, 9.17) is 0 Å². The Kier molecular flexibility index (Phi) is 7.71. The summed E-state index contributed by atoms with van der Waals surface area (Å²) in [6, 6.07) is 9.26. The van der Waals surface area contributed by atoms with Crippen molar-refractivity contribution < 1.29 is 4.79 Å². The van der Waals surface area contributed by atoms with Crippen molar-refractivity contribution >= 4 is 35.8 Å². The number of halogens is 1. The number of hydrogen-bond donors (Lipinski definition) is 2. The predicted octanol–water partition coefficient (Wildman–Crippen LogP) is 3.12. The van der Waals surface area contributed by atoms with Crippen molar-refractivity contribution in [3.05, 3.63) is 35.9 Å². The Morgan fingerprint density at radius 2 is 1.80 bits per heavy atom. The van der Waals surface area contributed by atoms with Crippen LogP contribution in [0.4, 0.5) is 0 Å². The normalized spacial score (nSPS) is 18.0. The van der Waals surface area contributed by atoms with Crippen LogP contribution in [0.1, 0.15) is 45.0 Å². The van der Waals surface area contributed by atoms with Crippen molar-refractivity contribution in [1.29, 1.82) is 0 Å². The first-order valence-corrected chi connectivity index (χ1v) is 8.69. The molecule has 2 rings (SSSR count). The van der Waals surface area contributed by atoms with Crippen LogP contribution in [0.3, 0.4) is 0 Å². The minimum Gasteiger partial charge on any atom is -0.356 e. The number of carbonyl (C=O) groups is 1. The van der Waals surface area contributed by atoms with Crippen LogP contribution in [0.15, 0.2) is 35.3 Å². The summed E-state index contributed by atoms with van der Waals surface area (Å²) in [4.78, 5) is 19.0. The predicted molar refractivity (Wildman–Crippen MR) is 115 cm³/mol. The molecule has 0 unspecified atom stereocenters. The molecule has 2 N–H and O–H groups in total. The fourth-order valence-electron chi connectivity index (χ4n) is 2.82. The van der Waals surface area contributed by atoms with Crippen LogP contribution in [-0.2, 0) is 0 Å². The van der Waals surface area contributed by atoms with Crippen LogP contribution in [0, 0.1) is 5.41 Å². The van der Waals surface area contributed by atoms with Gasteiger partial charge in [-0.1, -0.05) is 32.0 Å². The molecule has 1 aliphatic heterocycles. The van der Waals surface area contributed by atoms with E-state index in [1.165, 1.54) is 0 Å². The number of nitrogens with zero attached hydrogens (tertiary/aromatic N) is 2. The molecule has 1 heterocycles.